The van der Waals surface area contributed by atoms with Crippen molar-refractivity contribution >= 4 is 18.3 Å². The fourth-order valence-electron chi connectivity index (χ4n) is 3.61. The lowest BCUT2D eigenvalue weighted by Crippen LogP contribution is -2.48. The van der Waals surface area contributed by atoms with Gasteiger partial charge in [0.25, 0.3) is 0 Å². The summed E-state index contributed by atoms with van der Waals surface area (Å²) in [6.07, 6.45) is 5.53. The van der Waals surface area contributed by atoms with Crippen LogP contribution in [-0.4, -0.2) is 38.0 Å². The lowest BCUT2D eigenvalue weighted by Gasteiger charge is -2.40. The van der Waals surface area contributed by atoms with Crippen LogP contribution in [0.2, 0.25) is 0 Å². The molecule has 3 nitrogen and oxygen atoms in total. The van der Waals surface area contributed by atoms with E-state index in [0.717, 1.165) is 38.8 Å². The molecule has 124 valence electrons. The molecule has 0 aliphatic heterocycles. The number of aryl methyl sites for hydroxylation is 1. The summed E-state index contributed by atoms with van der Waals surface area (Å²) in [6, 6.07) is 8.42. The van der Waals surface area contributed by atoms with Crippen molar-refractivity contribution in [1.29, 1.82) is 0 Å². The van der Waals surface area contributed by atoms with Crippen molar-refractivity contribution in [3.05, 3.63) is 35.4 Å². The maximum Gasteiger partial charge on any atom is 0.233 e. The Bertz CT molecular complexity index is 484. The molecule has 1 aromatic carbocycles. The molecule has 0 unspecified atom stereocenters. The Hall–Kier alpha value is -1.06. The van der Waals surface area contributed by atoms with Crippen molar-refractivity contribution in [3.8, 4) is 0 Å². The van der Waals surface area contributed by atoms with Gasteiger partial charge in [0.15, 0.2) is 0 Å². The van der Waals surface area contributed by atoms with Crippen LogP contribution in [0.4, 0.5) is 0 Å². The second-order valence-electron chi connectivity index (χ2n) is 6.29. The van der Waals surface area contributed by atoms with Gasteiger partial charge in [-0.2, -0.15) is 0 Å². The minimum absolute atomic E-state index is 0. The van der Waals surface area contributed by atoms with E-state index in [0.29, 0.717) is 5.91 Å². The van der Waals surface area contributed by atoms with Gasteiger partial charge in [0.1, 0.15) is 0 Å². The molecule has 0 heterocycles. The number of carbonyl (C=O) groups is 1. The molecule has 2 rings (SSSR count). The standard InChI is InChI=1S/C18H28N2O.ClH/c1-15-9-5-6-10-16(15)18(11-7-4-8-12-18)17(21)20(3)14-13-19-2;/h5-6,9-10,19H,4,7-8,11-14H2,1-3H3;1H. The van der Waals surface area contributed by atoms with Crippen LogP contribution in [0.1, 0.15) is 43.2 Å². The van der Waals surface area contributed by atoms with Gasteiger partial charge >= 0.3 is 0 Å². The molecule has 1 aromatic rings. The first kappa shape index (κ1) is 19.0. The van der Waals surface area contributed by atoms with E-state index in [4.69, 9.17) is 0 Å². The minimum atomic E-state index is -0.300. The van der Waals surface area contributed by atoms with Gasteiger partial charge in [-0.25, -0.2) is 0 Å². The number of hydrogen-bond donors (Lipinski definition) is 1. The van der Waals surface area contributed by atoms with Crippen LogP contribution >= 0.6 is 12.4 Å². The normalized spacial score (nSPS) is 16.7. The van der Waals surface area contributed by atoms with Crippen LogP contribution < -0.4 is 5.32 Å². The molecule has 1 aliphatic rings. The highest BCUT2D eigenvalue weighted by Gasteiger charge is 2.43. The number of halogens is 1. The fourth-order valence-corrected chi connectivity index (χ4v) is 3.61. The summed E-state index contributed by atoms with van der Waals surface area (Å²) in [7, 11) is 3.87. The van der Waals surface area contributed by atoms with Gasteiger partial charge in [-0.3, -0.25) is 4.79 Å². The van der Waals surface area contributed by atoms with Crippen molar-refractivity contribution in [1.82, 2.24) is 10.2 Å². The van der Waals surface area contributed by atoms with Gasteiger partial charge < -0.3 is 10.2 Å². The monoisotopic (exact) mass is 324 g/mol. The van der Waals surface area contributed by atoms with Crippen LogP contribution in [0, 0.1) is 6.92 Å². The number of amides is 1. The van der Waals surface area contributed by atoms with E-state index >= 15 is 0 Å². The second-order valence-corrected chi connectivity index (χ2v) is 6.29. The molecule has 1 fully saturated rings. The maximum absolute atomic E-state index is 13.2. The molecule has 1 saturated carbocycles. The number of nitrogens with one attached hydrogen (secondary N) is 1. The molecular formula is C18H29ClN2O. The third-order valence-corrected chi connectivity index (χ3v) is 4.82. The molecule has 0 bridgehead atoms. The molecule has 0 aromatic heterocycles. The van der Waals surface area contributed by atoms with E-state index in [1.165, 1.54) is 17.5 Å². The number of benzene rings is 1. The first-order valence-corrected chi connectivity index (χ1v) is 8.08. The van der Waals surface area contributed by atoms with E-state index in [9.17, 15) is 4.79 Å². The predicted molar refractivity (Wildman–Crippen MR) is 94.8 cm³/mol. The van der Waals surface area contributed by atoms with Gasteiger partial charge in [0, 0.05) is 20.1 Å². The van der Waals surface area contributed by atoms with Gasteiger partial charge in [-0.1, -0.05) is 43.5 Å². The zero-order chi connectivity index (χ0) is 15.3. The summed E-state index contributed by atoms with van der Waals surface area (Å²) in [5, 5.41) is 3.13. The highest BCUT2D eigenvalue weighted by molar-refractivity contribution is 5.88. The summed E-state index contributed by atoms with van der Waals surface area (Å²) in [5.74, 6) is 0.298. The molecule has 0 atom stereocenters. The lowest BCUT2D eigenvalue weighted by atomic mass is 9.67. The summed E-state index contributed by atoms with van der Waals surface area (Å²) in [6.45, 7) is 3.74. The molecule has 0 spiro atoms. The van der Waals surface area contributed by atoms with Gasteiger partial charge in [-0.15, -0.1) is 12.4 Å². The zero-order valence-corrected chi connectivity index (χ0v) is 14.8. The number of likely N-dealkylation sites (N-methyl/N-ethyl adjacent to an activating group) is 2. The van der Waals surface area contributed by atoms with Gasteiger partial charge in [0.2, 0.25) is 5.91 Å². The Kier molecular flexibility index (Phi) is 7.37. The van der Waals surface area contributed by atoms with Crippen LogP contribution in [0.5, 0.6) is 0 Å². The van der Waals surface area contributed by atoms with Crippen molar-refractivity contribution in [3.63, 3.8) is 0 Å². The molecule has 4 heteroatoms. The van der Waals surface area contributed by atoms with Crippen LogP contribution in [0.3, 0.4) is 0 Å². The quantitative estimate of drug-likeness (QED) is 0.901. The van der Waals surface area contributed by atoms with Crippen LogP contribution in [0.15, 0.2) is 24.3 Å². The maximum atomic E-state index is 13.2. The largest absolute Gasteiger partial charge is 0.344 e. The lowest BCUT2D eigenvalue weighted by molar-refractivity contribution is -0.137. The Morgan fingerprint density at radius 3 is 2.45 bits per heavy atom. The Morgan fingerprint density at radius 2 is 1.86 bits per heavy atom. The zero-order valence-electron chi connectivity index (χ0n) is 14.0. The van der Waals surface area contributed by atoms with Crippen molar-refractivity contribution in [2.45, 2.75) is 44.4 Å². The first-order chi connectivity index (χ1) is 10.1. The third kappa shape index (κ3) is 3.82. The van der Waals surface area contributed by atoms with Gasteiger partial charge in [-0.05, 0) is 37.9 Å². The van der Waals surface area contributed by atoms with Crippen LogP contribution in [-0.2, 0) is 10.2 Å². The summed E-state index contributed by atoms with van der Waals surface area (Å²) in [4.78, 5) is 15.1. The molecule has 0 radical (unpaired) electrons. The van der Waals surface area contributed by atoms with Gasteiger partial charge in [0.05, 0.1) is 5.41 Å². The minimum Gasteiger partial charge on any atom is -0.344 e. The van der Waals surface area contributed by atoms with E-state index in [1.54, 1.807) is 0 Å². The van der Waals surface area contributed by atoms with Crippen molar-refractivity contribution in [2.24, 2.45) is 0 Å². The topological polar surface area (TPSA) is 32.3 Å². The highest BCUT2D eigenvalue weighted by Crippen LogP contribution is 2.42. The Labute approximate surface area is 140 Å². The van der Waals surface area contributed by atoms with E-state index in [-0.39, 0.29) is 17.8 Å². The molecular weight excluding hydrogens is 296 g/mol. The predicted octanol–water partition coefficient (Wildman–Crippen LogP) is 3.30. The fraction of sp³-hybridized carbons (Fsp3) is 0.611. The number of hydrogen-bond acceptors (Lipinski definition) is 2. The summed E-state index contributed by atoms with van der Waals surface area (Å²) < 4.78 is 0. The molecule has 1 N–H and O–H groups in total. The number of nitrogens with zero attached hydrogens (tertiary/aromatic N) is 1. The average Bonchev–Trinajstić information content (AvgIpc) is 2.53. The van der Waals surface area contributed by atoms with E-state index in [1.807, 2.05) is 19.0 Å². The van der Waals surface area contributed by atoms with Crippen molar-refractivity contribution in [2.75, 3.05) is 27.2 Å². The second kappa shape index (κ2) is 8.54. The highest BCUT2D eigenvalue weighted by atomic mass is 35.5. The molecule has 0 saturated heterocycles. The van der Waals surface area contributed by atoms with Crippen molar-refractivity contribution < 1.29 is 4.79 Å². The summed E-state index contributed by atoms with van der Waals surface area (Å²) in [5.41, 5.74) is 2.19. The van der Waals surface area contributed by atoms with E-state index in [2.05, 4.69) is 36.5 Å². The number of carbonyl (C=O) groups excluding carboxylic acids is 1. The SMILES string of the molecule is CNCCN(C)C(=O)C1(c2ccccc2C)CCCCC1.Cl. The smallest absolute Gasteiger partial charge is 0.233 e. The number of rotatable bonds is 5. The molecule has 1 amide bonds. The third-order valence-electron chi connectivity index (χ3n) is 4.82. The summed E-state index contributed by atoms with van der Waals surface area (Å²) >= 11 is 0. The Balaban J connectivity index is 0.00000242. The molecule has 1 aliphatic carbocycles. The Morgan fingerprint density at radius 1 is 1.23 bits per heavy atom. The first-order valence-electron chi connectivity index (χ1n) is 8.08. The van der Waals surface area contributed by atoms with E-state index < -0.39 is 0 Å². The molecule has 22 heavy (non-hydrogen) atoms. The van der Waals surface area contributed by atoms with Crippen LogP contribution in [0.25, 0.3) is 0 Å². The average molecular weight is 325 g/mol.